The number of hydrogen-bond acceptors (Lipinski definition) is 7. The Hall–Kier alpha value is -4.24. The molecule has 9 heteroatoms. The van der Waals surface area contributed by atoms with E-state index in [-0.39, 0.29) is 36.3 Å². The van der Waals surface area contributed by atoms with Gasteiger partial charge in [-0.3, -0.25) is 19.3 Å². The number of nitrogens with zero attached hydrogens (tertiary/aromatic N) is 2. The number of benzene rings is 2. The van der Waals surface area contributed by atoms with E-state index in [4.69, 9.17) is 9.63 Å². The SMILES string of the molecule is O=C1C(=O)N(c2ccc(-c3ccon3)cc2)C(C2CCCCC2)C1=C(O)c1ccc(C(=O)NCCO)cc1. The van der Waals surface area contributed by atoms with Crippen molar-refractivity contribution in [3.63, 3.8) is 0 Å². The molecule has 0 radical (unpaired) electrons. The van der Waals surface area contributed by atoms with Crippen LogP contribution in [0.1, 0.15) is 48.0 Å². The molecule has 1 aliphatic carbocycles. The van der Waals surface area contributed by atoms with Gasteiger partial charge < -0.3 is 20.1 Å². The fourth-order valence-corrected chi connectivity index (χ4v) is 5.40. The molecule has 0 bridgehead atoms. The van der Waals surface area contributed by atoms with E-state index in [0.29, 0.717) is 22.5 Å². The molecule has 3 N–H and O–H groups in total. The molecule has 1 unspecified atom stereocenters. The van der Waals surface area contributed by atoms with E-state index in [1.54, 1.807) is 30.3 Å². The van der Waals surface area contributed by atoms with Gasteiger partial charge in [-0.15, -0.1) is 0 Å². The number of carbonyl (C=O) groups is 3. The highest BCUT2D eigenvalue weighted by Crippen LogP contribution is 2.41. The van der Waals surface area contributed by atoms with Gasteiger partial charge >= 0.3 is 0 Å². The third kappa shape index (κ3) is 4.84. The summed E-state index contributed by atoms with van der Waals surface area (Å²) in [6.45, 7) is -0.0418. The van der Waals surface area contributed by atoms with Gasteiger partial charge in [0.1, 0.15) is 17.7 Å². The van der Waals surface area contributed by atoms with Gasteiger partial charge in [-0.2, -0.15) is 0 Å². The second-order valence-corrected chi connectivity index (χ2v) is 9.60. The minimum Gasteiger partial charge on any atom is -0.507 e. The Bertz CT molecular complexity index is 1340. The second kappa shape index (κ2) is 11.0. The van der Waals surface area contributed by atoms with Crippen LogP contribution in [0.15, 0.2) is 71.0 Å². The molecule has 196 valence electrons. The minimum atomic E-state index is -0.719. The number of aliphatic hydroxyl groups excluding tert-OH is 2. The Kier molecular flexibility index (Phi) is 7.37. The first-order chi connectivity index (χ1) is 18.5. The molecule has 1 saturated heterocycles. The van der Waals surface area contributed by atoms with Crippen LogP contribution in [0, 0.1) is 5.92 Å². The normalized spacial score (nSPS) is 19.6. The molecule has 2 heterocycles. The van der Waals surface area contributed by atoms with Crippen LogP contribution >= 0.6 is 0 Å². The zero-order valence-electron chi connectivity index (χ0n) is 20.8. The number of hydrogen-bond donors (Lipinski definition) is 3. The summed E-state index contributed by atoms with van der Waals surface area (Å²) in [5.41, 5.74) is 2.85. The van der Waals surface area contributed by atoms with Gasteiger partial charge in [0.25, 0.3) is 17.6 Å². The van der Waals surface area contributed by atoms with Gasteiger partial charge in [-0.1, -0.05) is 48.7 Å². The highest BCUT2D eigenvalue weighted by Gasteiger charge is 2.49. The summed E-state index contributed by atoms with van der Waals surface area (Å²) in [5.74, 6) is -1.97. The number of anilines is 1. The number of amides is 2. The number of aliphatic hydroxyl groups is 2. The third-order valence-electron chi connectivity index (χ3n) is 7.28. The van der Waals surface area contributed by atoms with Crippen LogP contribution in [0.3, 0.4) is 0 Å². The van der Waals surface area contributed by atoms with Gasteiger partial charge in [0, 0.05) is 35.0 Å². The lowest BCUT2D eigenvalue weighted by molar-refractivity contribution is -0.132. The van der Waals surface area contributed by atoms with Crippen LogP contribution in [0.4, 0.5) is 5.69 Å². The molecule has 3 aromatic rings. The van der Waals surface area contributed by atoms with Crippen LogP contribution in [-0.4, -0.2) is 52.2 Å². The molecule has 9 nitrogen and oxygen atoms in total. The van der Waals surface area contributed by atoms with Crippen molar-refractivity contribution in [3.05, 3.63) is 77.6 Å². The van der Waals surface area contributed by atoms with E-state index >= 15 is 0 Å². The highest BCUT2D eigenvalue weighted by atomic mass is 16.5. The van der Waals surface area contributed by atoms with Crippen LogP contribution in [0.5, 0.6) is 0 Å². The van der Waals surface area contributed by atoms with Crippen LogP contribution in [0.25, 0.3) is 17.0 Å². The average molecular weight is 516 g/mol. The van der Waals surface area contributed by atoms with Crippen LogP contribution in [0.2, 0.25) is 0 Å². The summed E-state index contributed by atoms with van der Waals surface area (Å²) >= 11 is 0. The van der Waals surface area contributed by atoms with Crippen LogP contribution < -0.4 is 10.2 Å². The molecule has 1 saturated carbocycles. The Morgan fingerprint density at radius 2 is 1.66 bits per heavy atom. The van der Waals surface area contributed by atoms with Gasteiger partial charge in [-0.25, -0.2) is 0 Å². The van der Waals surface area contributed by atoms with Crippen molar-refractivity contribution in [1.82, 2.24) is 10.5 Å². The topological polar surface area (TPSA) is 133 Å². The Labute approximate surface area is 219 Å². The first-order valence-corrected chi connectivity index (χ1v) is 12.8. The number of aromatic nitrogens is 1. The van der Waals surface area contributed by atoms with Crippen molar-refractivity contribution in [1.29, 1.82) is 0 Å². The number of ketones is 1. The van der Waals surface area contributed by atoms with Crippen LogP contribution in [-0.2, 0) is 9.59 Å². The first-order valence-electron chi connectivity index (χ1n) is 12.8. The highest BCUT2D eigenvalue weighted by molar-refractivity contribution is 6.51. The predicted molar refractivity (Wildman–Crippen MR) is 140 cm³/mol. The number of carbonyl (C=O) groups excluding carboxylic acids is 3. The second-order valence-electron chi connectivity index (χ2n) is 9.60. The molecular weight excluding hydrogens is 486 g/mol. The van der Waals surface area contributed by atoms with E-state index in [1.807, 2.05) is 12.1 Å². The lowest BCUT2D eigenvalue weighted by Gasteiger charge is -2.34. The maximum Gasteiger partial charge on any atom is 0.299 e. The molecule has 1 atom stereocenters. The Morgan fingerprint density at radius 1 is 0.974 bits per heavy atom. The number of nitrogens with one attached hydrogen (secondary N) is 1. The molecular formula is C29H29N3O6. The molecule has 2 aliphatic rings. The predicted octanol–water partition coefficient (Wildman–Crippen LogP) is 3.90. The molecule has 1 aromatic heterocycles. The van der Waals surface area contributed by atoms with E-state index in [9.17, 15) is 19.5 Å². The molecule has 0 spiro atoms. The molecule has 38 heavy (non-hydrogen) atoms. The van der Waals surface area contributed by atoms with Gasteiger partial charge in [0.05, 0.1) is 18.2 Å². The third-order valence-corrected chi connectivity index (χ3v) is 7.28. The van der Waals surface area contributed by atoms with Crippen molar-refractivity contribution in [2.45, 2.75) is 38.1 Å². The van der Waals surface area contributed by atoms with E-state index in [0.717, 1.165) is 37.7 Å². The number of rotatable bonds is 7. The lowest BCUT2D eigenvalue weighted by Crippen LogP contribution is -2.40. The summed E-state index contributed by atoms with van der Waals surface area (Å²) in [4.78, 5) is 40.5. The summed E-state index contributed by atoms with van der Waals surface area (Å²) in [7, 11) is 0. The Balaban J connectivity index is 1.52. The van der Waals surface area contributed by atoms with Crippen molar-refractivity contribution in [2.75, 3.05) is 18.1 Å². The molecule has 2 aromatic carbocycles. The van der Waals surface area contributed by atoms with E-state index in [2.05, 4.69) is 10.5 Å². The molecule has 5 rings (SSSR count). The Morgan fingerprint density at radius 3 is 2.29 bits per heavy atom. The standard InChI is InChI=1S/C29H29N3O6/c33-16-15-30-28(36)21-8-6-20(7-9-21)26(34)24-25(19-4-2-1-3-5-19)32(29(37)27(24)35)22-12-10-18(11-13-22)23-14-17-38-31-23/h6-14,17,19,25,33-34H,1-5,15-16H2,(H,30,36). The summed E-state index contributed by atoms with van der Waals surface area (Å²) in [6, 6.07) is 14.5. The lowest BCUT2D eigenvalue weighted by atomic mass is 9.80. The maximum absolute atomic E-state index is 13.4. The first kappa shape index (κ1) is 25.4. The monoisotopic (exact) mass is 515 g/mol. The van der Waals surface area contributed by atoms with Crippen molar-refractivity contribution in [3.8, 4) is 11.3 Å². The molecule has 2 amide bonds. The quantitative estimate of drug-likeness (QED) is 0.247. The summed E-state index contributed by atoms with van der Waals surface area (Å²) in [6.07, 6.45) is 6.27. The fraction of sp³-hybridized carbons (Fsp3) is 0.310. The molecule has 2 fully saturated rings. The van der Waals surface area contributed by atoms with Gasteiger partial charge in [-0.05, 0) is 43.0 Å². The van der Waals surface area contributed by atoms with Crippen molar-refractivity contribution in [2.24, 2.45) is 5.92 Å². The van der Waals surface area contributed by atoms with Crippen molar-refractivity contribution < 1.29 is 29.1 Å². The number of Topliss-reactive ketones (excluding diaryl/α,β-unsaturated/α-hetero) is 1. The smallest absolute Gasteiger partial charge is 0.299 e. The fourth-order valence-electron chi connectivity index (χ4n) is 5.40. The summed E-state index contributed by atoms with van der Waals surface area (Å²) in [5, 5.41) is 26.8. The van der Waals surface area contributed by atoms with E-state index in [1.165, 1.54) is 23.3 Å². The zero-order valence-corrected chi connectivity index (χ0v) is 20.8. The minimum absolute atomic E-state index is 0.0232. The van der Waals surface area contributed by atoms with Gasteiger partial charge in [0.2, 0.25) is 0 Å². The zero-order chi connectivity index (χ0) is 26.6. The average Bonchev–Trinajstić information content (AvgIpc) is 3.59. The summed E-state index contributed by atoms with van der Waals surface area (Å²) < 4.78 is 4.92. The van der Waals surface area contributed by atoms with E-state index < -0.39 is 17.7 Å². The maximum atomic E-state index is 13.4. The molecule has 1 aliphatic heterocycles. The largest absolute Gasteiger partial charge is 0.507 e. The van der Waals surface area contributed by atoms with Crippen molar-refractivity contribution >= 4 is 29.0 Å². The van der Waals surface area contributed by atoms with Gasteiger partial charge in [0.15, 0.2) is 0 Å².